The Bertz CT molecular complexity index is 1130. The second kappa shape index (κ2) is 9.44. The number of carbonyl (C=O) groups is 3. The van der Waals surface area contributed by atoms with Crippen molar-refractivity contribution in [3.8, 4) is 0 Å². The van der Waals surface area contributed by atoms with Gasteiger partial charge in [0.05, 0.1) is 0 Å². The van der Waals surface area contributed by atoms with Crippen LogP contribution in [0.25, 0.3) is 11.0 Å². The molecule has 1 saturated heterocycles. The highest BCUT2D eigenvalue weighted by molar-refractivity contribution is 6.40. The lowest BCUT2D eigenvalue weighted by Crippen LogP contribution is -2.43. The first-order valence-corrected chi connectivity index (χ1v) is 10.9. The second-order valence-electron chi connectivity index (χ2n) is 7.96. The first kappa shape index (κ1) is 21.9. The number of benzene rings is 2. The molecule has 8 heteroatoms. The highest BCUT2D eigenvalue weighted by Gasteiger charge is 2.26. The Morgan fingerprint density at radius 3 is 2.56 bits per heavy atom. The molecule has 0 aliphatic carbocycles. The van der Waals surface area contributed by atoms with E-state index in [1.54, 1.807) is 36.1 Å². The molecule has 0 unspecified atom stereocenters. The van der Waals surface area contributed by atoms with E-state index in [1.165, 1.54) is 0 Å². The summed E-state index contributed by atoms with van der Waals surface area (Å²) in [5, 5.41) is 6.71. The van der Waals surface area contributed by atoms with Gasteiger partial charge in [-0.3, -0.25) is 14.4 Å². The van der Waals surface area contributed by atoms with E-state index < -0.39 is 11.8 Å². The molecular formula is C24H24ClN3O4. The summed E-state index contributed by atoms with van der Waals surface area (Å²) < 4.78 is 5.68. The Morgan fingerprint density at radius 1 is 1.06 bits per heavy atom. The van der Waals surface area contributed by atoms with Crippen LogP contribution in [0, 0.1) is 12.8 Å². The minimum absolute atomic E-state index is 0.125. The van der Waals surface area contributed by atoms with E-state index in [9.17, 15) is 14.4 Å². The van der Waals surface area contributed by atoms with Crippen LogP contribution in [-0.4, -0.2) is 42.3 Å². The lowest BCUT2D eigenvalue weighted by molar-refractivity contribution is -0.136. The van der Waals surface area contributed by atoms with Crippen LogP contribution in [0.15, 0.2) is 52.9 Å². The number of halogens is 1. The van der Waals surface area contributed by atoms with Gasteiger partial charge in [-0.15, -0.1) is 0 Å². The molecule has 1 aromatic heterocycles. The highest BCUT2D eigenvalue weighted by atomic mass is 35.5. The van der Waals surface area contributed by atoms with Crippen LogP contribution >= 0.6 is 11.6 Å². The summed E-state index contributed by atoms with van der Waals surface area (Å²) in [4.78, 5) is 38.9. The smallest absolute Gasteiger partial charge is 0.313 e. The lowest BCUT2D eigenvalue weighted by atomic mass is 9.96. The number of nitrogens with one attached hydrogen (secondary N) is 2. The van der Waals surface area contributed by atoms with E-state index >= 15 is 0 Å². The van der Waals surface area contributed by atoms with Gasteiger partial charge in [0.2, 0.25) is 0 Å². The van der Waals surface area contributed by atoms with E-state index in [2.05, 4.69) is 10.6 Å². The Morgan fingerprint density at radius 2 is 1.81 bits per heavy atom. The van der Waals surface area contributed by atoms with Gasteiger partial charge in [-0.2, -0.15) is 0 Å². The number of nitrogens with zero attached hydrogens (tertiary/aromatic N) is 1. The molecule has 1 fully saturated rings. The minimum Gasteiger partial charge on any atom is -0.451 e. The third-order valence-electron chi connectivity index (χ3n) is 5.81. The average Bonchev–Trinajstić information content (AvgIpc) is 3.24. The monoisotopic (exact) mass is 453 g/mol. The summed E-state index contributed by atoms with van der Waals surface area (Å²) in [6.07, 6.45) is 1.47. The molecule has 2 N–H and O–H groups in total. The van der Waals surface area contributed by atoms with Crippen molar-refractivity contribution in [1.82, 2.24) is 10.2 Å². The zero-order chi connectivity index (χ0) is 22.7. The molecule has 3 aromatic rings. The fraction of sp³-hybridized carbons (Fsp3) is 0.292. The number of furan rings is 1. The maximum absolute atomic E-state index is 12.8. The van der Waals surface area contributed by atoms with Gasteiger partial charge < -0.3 is 20.0 Å². The quantitative estimate of drug-likeness (QED) is 0.584. The molecule has 0 saturated carbocycles. The van der Waals surface area contributed by atoms with Crippen LogP contribution in [-0.2, 0) is 9.59 Å². The summed E-state index contributed by atoms with van der Waals surface area (Å²) in [6, 6.07) is 14.4. The van der Waals surface area contributed by atoms with Gasteiger partial charge >= 0.3 is 11.8 Å². The van der Waals surface area contributed by atoms with Gasteiger partial charge in [0.25, 0.3) is 5.91 Å². The van der Waals surface area contributed by atoms with Crippen molar-refractivity contribution in [2.45, 2.75) is 19.8 Å². The number of amides is 3. The van der Waals surface area contributed by atoms with Gasteiger partial charge in [-0.1, -0.05) is 35.9 Å². The molecule has 7 nitrogen and oxygen atoms in total. The standard InChI is InChI=1S/C24H24ClN3O4/c1-15-18(25)6-4-7-19(15)27-23(30)22(29)26-14-16-9-11-28(12-10-16)24(31)21-13-17-5-2-3-8-20(17)32-21/h2-8,13,16H,9-12,14H2,1H3,(H,26,29)(H,27,30). The summed E-state index contributed by atoms with van der Waals surface area (Å²) >= 11 is 6.05. The number of fused-ring (bicyclic) bond motifs is 1. The zero-order valence-corrected chi connectivity index (χ0v) is 18.4. The molecule has 0 atom stereocenters. The number of hydrogen-bond acceptors (Lipinski definition) is 4. The SMILES string of the molecule is Cc1c(Cl)cccc1NC(=O)C(=O)NCC1CCN(C(=O)c2cc3ccccc3o2)CC1. The van der Waals surface area contributed by atoms with Crippen molar-refractivity contribution in [3.63, 3.8) is 0 Å². The molecule has 0 bridgehead atoms. The molecule has 2 aromatic carbocycles. The maximum atomic E-state index is 12.8. The molecule has 3 amide bonds. The summed E-state index contributed by atoms with van der Waals surface area (Å²) in [7, 11) is 0. The molecule has 0 radical (unpaired) electrons. The fourth-order valence-electron chi connectivity index (χ4n) is 3.82. The number of para-hydroxylation sites is 1. The van der Waals surface area contributed by atoms with Crippen molar-refractivity contribution in [1.29, 1.82) is 0 Å². The number of carbonyl (C=O) groups excluding carboxylic acids is 3. The molecule has 1 aliphatic heterocycles. The van der Waals surface area contributed by atoms with Crippen molar-refractivity contribution >= 4 is 46.0 Å². The highest BCUT2D eigenvalue weighted by Crippen LogP contribution is 2.24. The first-order valence-electron chi connectivity index (χ1n) is 10.5. The van der Waals surface area contributed by atoms with Crippen LogP contribution in [0.1, 0.15) is 29.0 Å². The molecular weight excluding hydrogens is 430 g/mol. The Hall–Kier alpha value is -3.32. The van der Waals surface area contributed by atoms with Gasteiger partial charge in [0.15, 0.2) is 5.76 Å². The third-order valence-corrected chi connectivity index (χ3v) is 6.22. The van der Waals surface area contributed by atoms with Crippen LogP contribution in [0.4, 0.5) is 5.69 Å². The van der Waals surface area contributed by atoms with E-state index in [0.717, 1.165) is 18.2 Å². The zero-order valence-electron chi connectivity index (χ0n) is 17.7. The Balaban J connectivity index is 1.25. The fourth-order valence-corrected chi connectivity index (χ4v) is 4.00. The van der Waals surface area contributed by atoms with Gasteiger partial charge in [-0.05, 0) is 55.5 Å². The summed E-state index contributed by atoms with van der Waals surface area (Å²) in [5.74, 6) is -1.01. The molecule has 32 heavy (non-hydrogen) atoms. The topological polar surface area (TPSA) is 91.7 Å². The molecule has 4 rings (SSSR count). The minimum atomic E-state index is -0.729. The molecule has 166 valence electrons. The van der Waals surface area contributed by atoms with E-state index in [-0.39, 0.29) is 11.8 Å². The Kier molecular flexibility index (Phi) is 6.46. The van der Waals surface area contributed by atoms with Gasteiger partial charge in [0.1, 0.15) is 5.58 Å². The van der Waals surface area contributed by atoms with Gasteiger partial charge in [-0.25, -0.2) is 0 Å². The number of likely N-dealkylation sites (tertiary alicyclic amines) is 1. The second-order valence-corrected chi connectivity index (χ2v) is 8.37. The number of piperidine rings is 1. The van der Waals surface area contributed by atoms with Crippen molar-refractivity contribution in [3.05, 3.63) is 64.9 Å². The van der Waals surface area contributed by atoms with Crippen molar-refractivity contribution in [2.75, 3.05) is 25.0 Å². The maximum Gasteiger partial charge on any atom is 0.313 e. The summed E-state index contributed by atoms with van der Waals surface area (Å²) in [5.41, 5.74) is 1.91. The van der Waals surface area contributed by atoms with Crippen LogP contribution in [0.2, 0.25) is 5.02 Å². The van der Waals surface area contributed by atoms with E-state index in [1.807, 2.05) is 24.3 Å². The lowest BCUT2D eigenvalue weighted by Gasteiger charge is -2.31. The van der Waals surface area contributed by atoms with Crippen LogP contribution in [0.3, 0.4) is 0 Å². The van der Waals surface area contributed by atoms with E-state index in [4.69, 9.17) is 16.0 Å². The number of anilines is 1. The van der Waals surface area contributed by atoms with Crippen LogP contribution in [0.5, 0.6) is 0 Å². The normalized spacial score (nSPS) is 14.4. The molecule has 2 heterocycles. The van der Waals surface area contributed by atoms with E-state index in [0.29, 0.717) is 47.3 Å². The van der Waals surface area contributed by atoms with Gasteiger partial charge in [0, 0.05) is 35.7 Å². The predicted octanol–water partition coefficient (Wildman–Crippen LogP) is 4.00. The van der Waals surface area contributed by atoms with Crippen LogP contribution < -0.4 is 10.6 Å². The first-order chi connectivity index (χ1) is 15.4. The predicted molar refractivity (Wildman–Crippen MR) is 123 cm³/mol. The Labute approximate surface area is 190 Å². The number of rotatable bonds is 4. The average molecular weight is 454 g/mol. The van der Waals surface area contributed by atoms with Crippen molar-refractivity contribution in [2.24, 2.45) is 5.92 Å². The van der Waals surface area contributed by atoms with Crippen molar-refractivity contribution < 1.29 is 18.8 Å². The number of hydrogen-bond donors (Lipinski definition) is 2. The molecule has 1 aliphatic rings. The third kappa shape index (κ3) is 4.78. The molecule has 0 spiro atoms. The largest absolute Gasteiger partial charge is 0.451 e. The summed E-state index contributed by atoms with van der Waals surface area (Å²) in [6.45, 7) is 3.30.